The van der Waals surface area contributed by atoms with Crippen LogP contribution in [-0.2, 0) is 3.42 Å². The van der Waals surface area contributed by atoms with E-state index in [1.807, 2.05) is 18.2 Å². The third kappa shape index (κ3) is 3.90. The predicted octanol–water partition coefficient (Wildman–Crippen LogP) is 11.3. The molecule has 0 saturated heterocycles. The van der Waals surface area contributed by atoms with Gasteiger partial charge < -0.3 is 19.0 Å². The Bertz CT molecular complexity index is 2800. The Labute approximate surface area is 283 Å². The third-order valence-electron chi connectivity index (χ3n) is 9.42. The number of alkyl halides is 1. The van der Waals surface area contributed by atoms with E-state index >= 15 is 0 Å². The number of benzene rings is 6. The van der Waals surface area contributed by atoms with E-state index in [0.717, 1.165) is 82.5 Å². The molecule has 0 amide bonds. The molecule has 3 heterocycles. The molecule has 0 radical (unpaired) electrons. The van der Waals surface area contributed by atoms with Crippen LogP contribution in [0.2, 0.25) is 0 Å². The summed E-state index contributed by atoms with van der Waals surface area (Å²) in [7, 11) is 0. The molecule has 0 unspecified atom stereocenters. The lowest BCUT2D eigenvalue weighted by molar-refractivity contribution is 0.677. The average molecular weight is 719 g/mol. The van der Waals surface area contributed by atoms with Crippen molar-refractivity contribution in [3.63, 3.8) is 0 Å². The number of aromatic nitrogens is 2. The van der Waals surface area contributed by atoms with Gasteiger partial charge in [0.05, 0.1) is 50.2 Å². The van der Waals surface area contributed by atoms with Crippen molar-refractivity contribution >= 4 is 94.4 Å². The third-order valence-corrected chi connectivity index (χ3v) is 10.00. The highest BCUT2D eigenvalue weighted by atomic mass is 127. The van der Waals surface area contributed by atoms with E-state index in [2.05, 4.69) is 149 Å². The highest BCUT2D eigenvalue weighted by Gasteiger charge is 2.27. The van der Waals surface area contributed by atoms with Crippen molar-refractivity contribution < 1.29 is 4.42 Å². The van der Waals surface area contributed by atoms with Crippen LogP contribution in [0, 0.1) is 16.7 Å². The lowest BCUT2D eigenvalue weighted by atomic mass is 9.95. The number of hydrogen-bond acceptors (Lipinski definition) is 3. The van der Waals surface area contributed by atoms with Gasteiger partial charge in [0.15, 0.2) is 0 Å². The molecule has 5 nitrogen and oxygen atoms in total. The Kier molecular flexibility index (Phi) is 5.96. The van der Waals surface area contributed by atoms with E-state index in [1.54, 1.807) is 0 Å². The smallest absolute Gasteiger partial charge is 0.145 e. The predicted molar refractivity (Wildman–Crippen MR) is 202 cm³/mol. The standard InChI is InChI=1S/C41H27IN4O/c1-41(2,42)31-20-24(22-43)25(23-44)21-36(31)46-33-15-9-7-13-30(33)38-35(46)19-17-28-27-16-18-34-37(39(27)47-40(28)38)29-12-6-8-14-32(29)45(34)26-10-4-3-5-11-26/h3-22,43H,1-2H3. The monoisotopic (exact) mass is 718 g/mol. The minimum absolute atomic E-state index is 0.265. The van der Waals surface area contributed by atoms with Crippen molar-refractivity contribution in [3.8, 4) is 17.4 Å². The first-order chi connectivity index (χ1) is 22.9. The molecule has 1 N–H and O–H groups in total. The number of furan rings is 1. The van der Waals surface area contributed by atoms with Gasteiger partial charge in [-0.05, 0) is 80.1 Å². The van der Waals surface area contributed by atoms with Crippen LogP contribution in [0.3, 0.4) is 0 Å². The van der Waals surface area contributed by atoms with Crippen molar-refractivity contribution in [1.29, 1.82) is 10.7 Å². The van der Waals surface area contributed by atoms with Crippen molar-refractivity contribution in [2.45, 2.75) is 17.3 Å². The van der Waals surface area contributed by atoms with Gasteiger partial charge in [-0.25, -0.2) is 0 Å². The first-order valence-electron chi connectivity index (χ1n) is 15.5. The van der Waals surface area contributed by atoms with Crippen molar-refractivity contribution in [2.75, 3.05) is 0 Å². The molecule has 0 saturated carbocycles. The van der Waals surface area contributed by atoms with Crippen LogP contribution in [-0.4, -0.2) is 15.3 Å². The highest BCUT2D eigenvalue weighted by Crippen LogP contribution is 2.46. The summed E-state index contributed by atoms with van der Waals surface area (Å²) < 4.78 is 11.4. The van der Waals surface area contributed by atoms with Gasteiger partial charge in [0.25, 0.3) is 0 Å². The molecule has 0 atom stereocenters. The molecule has 9 rings (SSSR count). The molecular formula is C41H27IN4O. The molecule has 0 aliphatic heterocycles. The molecule has 9 aromatic rings. The number of hydrogen-bond donors (Lipinski definition) is 1. The number of nitriles is 1. The van der Waals surface area contributed by atoms with E-state index < -0.39 is 0 Å². The topological polar surface area (TPSA) is 70.6 Å². The van der Waals surface area contributed by atoms with E-state index in [4.69, 9.17) is 9.83 Å². The average Bonchev–Trinajstić information content (AvgIpc) is 3.75. The maximum absolute atomic E-state index is 10.1. The quantitative estimate of drug-likeness (QED) is 0.112. The number of nitrogens with zero attached hydrogens (tertiary/aromatic N) is 3. The van der Waals surface area contributed by atoms with Crippen LogP contribution in [0.1, 0.15) is 30.5 Å². The summed E-state index contributed by atoms with van der Waals surface area (Å²) in [5.74, 6) is 0. The van der Waals surface area contributed by atoms with E-state index in [1.165, 1.54) is 6.21 Å². The van der Waals surface area contributed by atoms with Crippen LogP contribution < -0.4 is 0 Å². The van der Waals surface area contributed by atoms with E-state index in [9.17, 15) is 5.26 Å². The zero-order chi connectivity index (χ0) is 32.0. The molecule has 6 heteroatoms. The molecule has 0 fully saturated rings. The molecule has 0 spiro atoms. The van der Waals surface area contributed by atoms with Gasteiger partial charge in [0.2, 0.25) is 0 Å². The molecule has 47 heavy (non-hydrogen) atoms. The second-order valence-corrected chi connectivity index (χ2v) is 15.2. The number of nitrogens with one attached hydrogen (secondary N) is 1. The summed E-state index contributed by atoms with van der Waals surface area (Å²) in [5.41, 5.74) is 10.2. The normalized spacial score (nSPS) is 12.2. The Morgan fingerprint density at radius 1 is 0.681 bits per heavy atom. The second-order valence-electron chi connectivity index (χ2n) is 12.5. The summed E-state index contributed by atoms with van der Waals surface area (Å²) in [6.07, 6.45) is 1.27. The Balaban J connectivity index is 1.43. The van der Waals surface area contributed by atoms with Crippen LogP contribution in [0.5, 0.6) is 0 Å². The number of fused-ring (bicyclic) bond motifs is 11. The zero-order valence-corrected chi connectivity index (χ0v) is 27.8. The second kappa shape index (κ2) is 10.1. The van der Waals surface area contributed by atoms with E-state index in [0.29, 0.717) is 11.1 Å². The van der Waals surface area contributed by atoms with Gasteiger partial charge in [-0.3, -0.25) is 0 Å². The van der Waals surface area contributed by atoms with Crippen LogP contribution in [0.4, 0.5) is 0 Å². The largest absolute Gasteiger partial charge is 0.455 e. The van der Waals surface area contributed by atoms with E-state index in [-0.39, 0.29) is 3.42 Å². The van der Waals surface area contributed by atoms with Crippen molar-refractivity contribution in [3.05, 3.63) is 132 Å². The molecule has 3 aromatic heterocycles. The maximum Gasteiger partial charge on any atom is 0.145 e. The zero-order valence-electron chi connectivity index (χ0n) is 25.7. The first kappa shape index (κ1) is 27.9. The molecular weight excluding hydrogens is 691 g/mol. The fourth-order valence-corrected chi connectivity index (χ4v) is 7.82. The van der Waals surface area contributed by atoms with Gasteiger partial charge in [-0.2, -0.15) is 5.26 Å². The SMILES string of the molecule is CC(C)(I)c1cc(C=N)c(C#N)cc1-n1c2ccccc2c2c3oc4c(ccc5c4c4ccccc4n5-c4ccccc4)c3ccc21. The Morgan fingerprint density at radius 3 is 1.81 bits per heavy atom. The number of rotatable bonds is 4. The Hall–Kier alpha value is -5.39. The van der Waals surface area contributed by atoms with Gasteiger partial charge in [-0.1, -0.05) is 77.2 Å². The van der Waals surface area contributed by atoms with Crippen molar-refractivity contribution in [2.24, 2.45) is 0 Å². The number of halogens is 1. The van der Waals surface area contributed by atoms with Crippen LogP contribution >= 0.6 is 22.6 Å². The fourth-order valence-electron chi connectivity index (χ4n) is 7.39. The first-order valence-corrected chi connectivity index (χ1v) is 16.6. The van der Waals surface area contributed by atoms with Crippen LogP contribution in [0.25, 0.3) is 76.9 Å². The fraction of sp³-hybridized carbons (Fsp3) is 0.0732. The molecule has 6 aromatic carbocycles. The van der Waals surface area contributed by atoms with Gasteiger partial charge in [0, 0.05) is 42.4 Å². The Morgan fingerprint density at radius 2 is 1.23 bits per heavy atom. The molecule has 0 aliphatic carbocycles. The minimum Gasteiger partial charge on any atom is -0.455 e. The minimum atomic E-state index is -0.265. The summed E-state index contributed by atoms with van der Waals surface area (Å²) >= 11 is 2.45. The highest BCUT2D eigenvalue weighted by molar-refractivity contribution is 14.1. The summed E-state index contributed by atoms with van der Waals surface area (Å²) in [5, 5.41) is 24.6. The number of para-hydroxylation sites is 3. The summed E-state index contributed by atoms with van der Waals surface area (Å²) in [6.45, 7) is 4.32. The molecule has 224 valence electrons. The van der Waals surface area contributed by atoms with Crippen LogP contribution in [0.15, 0.2) is 120 Å². The lowest BCUT2D eigenvalue weighted by Gasteiger charge is -2.24. The van der Waals surface area contributed by atoms with Gasteiger partial charge in [-0.15, -0.1) is 0 Å². The lowest BCUT2D eigenvalue weighted by Crippen LogP contribution is -2.13. The van der Waals surface area contributed by atoms with Gasteiger partial charge >= 0.3 is 0 Å². The van der Waals surface area contributed by atoms with Gasteiger partial charge in [0.1, 0.15) is 11.2 Å². The van der Waals surface area contributed by atoms with Crippen molar-refractivity contribution in [1.82, 2.24) is 9.13 Å². The maximum atomic E-state index is 10.1. The summed E-state index contributed by atoms with van der Waals surface area (Å²) in [4.78, 5) is 0. The summed E-state index contributed by atoms with van der Waals surface area (Å²) in [6, 6.07) is 42.5. The molecule has 0 aliphatic rings. The molecule has 0 bridgehead atoms.